The number of hydrogen-bond acceptors (Lipinski definition) is 7. The maximum atomic E-state index is 14.9. The number of anilines is 2. The van der Waals surface area contributed by atoms with Gasteiger partial charge in [-0.15, -0.1) is 0 Å². The number of aromatic nitrogens is 3. The Balaban J connectivity index is 1.03. The van der Waals surface area contributed by atoms with E-state index in [0.29, 0.717) is 47.5 Å². The number of quaternary nitrogens is 1. The van der Waals surface area contributed by atoms with Crippen LogP contribution in [0.25, 0.3) is 16.9 Å². The molecule has 6 rings (SSSR count). The average molecular weight is 705 g/mol. The minimum absolute atomic E-state index is 0.0461. The summed E-state index contributed by atoms with van der Waals surface area (Å²) >= 11 is 0. The Bertz CT molecular complexity index is 1910. The number of carbonyl (C=O) groups is 2. The van der Waals surface area contributed by atoms with Crippen LogP contribution in [0.1, 0.15) is 56.5 Å². The predicted molar refractivity (Wildman–Crippen MR) is 191 cm³/mol. The van der Waals surface area contributed by atoms with Crippen LogP contribution in [-0.4, -0.2) is 94.8 Å². The Hall–Kier alpha value is -4.78. The lowest BCUT2D eigenvalue weighted by atomic mass is 9.92. The van der Waals surface area contributed by atoms with Crippen LogP contribution >= 0.6 is 0 Å². The summed E-state index contributed by atoms with van der Waals surface area (Å²) in [5.74, 6) is -1.03. The van der Waals surface area contributed by atoms with Crippen molar-refractivity contribution in [3.63, 3.8) is 0 Å². The van der Waals surface area contributed by atoms with E-state index in [9.17, 15) is 18.4 Å². The number of benzene rings is 2. The molecule has 4 heterocycles. The highest BCUT2D eigenvalue weighted by Gasteiger charge is 2.40. The molecule has 0 atom stereocenters. The number of likely N-dealkylation sites (tertiary alicyclic amines) is 2. The number of rotatable bonds is 10. The fourth-order valence-corrected chi connectivity index (χ4v) is 7.16. The molecule has 2 amide bonds. The van der Waals surface area contributed by atoms with E-state index >= 15 is 0 Å². The molecular weight excluding hydrogens is 656 g/mol. The van der Waals surface area contributed by atoms with Gasteiger partial charge in [-0.3, -0.25) is 9.20 Å². The third kappa shape index (κ3) is 7.93. The quantitative estimate of drug-likeness (QED) is 0.183. The van der Waals surface area contributed by atoms with Crippen molar-refractivity contribution in [3.05, 3.63) is 71.7 Å². The van der Waals surface area contributed by atoms with Gasteiger partial charge in [0.15, 0.2) is 23.0 Å². The van der Waals surface area contributed by atoms with Gasteiger partial charge in [-0.2, -0.15) is 4.39 Å². The summed E-state index contributed by atoms with van der Waals surface area (Å²) in [6.45, 7) is 13.0. The molecule has 51 heavy (non-hydrogen) atoms. The number of methoxy groups -OCH3 is 1. The molecule has 0 bridgehead atoms. The lowest BCUT2D eigenvalue weighted by Crippen LogP contribution is -2.60. The van der Waals surface area contributed by atoms with Gasteiger partial charge < -0.3 is 29.5 Å². The standard InChI is InChI=1S/C38H47F2N7O4/c1-7-26-18-27(44-34-35-42-20-30(46(35)15-14-41-34)29-10-11-31(50-6)33(40)32(29)39)8-9-28(26)36(48)43-19-24-12-16-47(5,17-13-24)23-25-21-45(22-25)37(49)51-38(2,3)4/h8-11,14-15,18,20,24-25H,7,12-13,16-17,19,21-23H2,1-6H3,(H-,41,43,44,48)/p+1. The van der Waals surface area contributed by atoms with Crippen molar-refractivity contribution < 1.29 is 32.3 Å². The van der Waals surface area contributed by atoms with Gasteiger partial charge in [0.2, 0.25) is 5.82 Å². The molecule has 11 nitrogen and oxygen atoms in total. The van der Waals surface area contributed by atoms with Gasteiger partial charge >= 0.3 is 6.09 Å². The molecule has 0 unspecified atom stereocenters. The molecule has 272 valence electrons. The van der Waals surface area contributed by atoms with Crippen LogP contribution in [0.5, 0.6) is 5.75 Å². The highest BCUT2D eigenvalue weighted by molar-refractivity contribution is 5.96. The van der Waals surface area contributed by atoms with Crippen LogP contribution in [0.4, 0.5) is 25.1 Å². The van der Waals surface area contributed by atoms with Gasteiger partial charge in [0.1, 0.15) is 5.60 Å². The first-order valence-electron chi connectivity index (χ1n) is 17.6. The number of nitrogens with zero attached hydrogens (tertiary/aromatic N) is 5. The smallest absolute Gasteiger partial charge is 0.410 e. The number of halogens is 2. The van der Waals surface area contributed by atoms with Gasteiger partial charge in [-0.25, -0.2) is 19.2 Å². The summed E-state index contributed by atoms with van der Waals surface area (Å²) < 4.78 is 42.4. The molecule has 2 aliphatic rings. The fourth-order valence-electron chi connectivity index (χ4n) is 7.16. The topological polar surface area (TPSA) is 110 Å². The largest absolute Gasteiger partial charge is 0.494 e. The number of fused-ring (bicyclic) bond motifs is 1. The van der Waals surface area contributed by atoms with Gasteiger partial charge in [0, 0.05) is 67.6 Å². The predicted octanol–water partition coefficient (Wildman–Crippen LogP) is 6.44. The minimum atomic E-state index is -1.07. The lowest BCUT2D eigenvalue weighted by molar-refractivity contribution is -0.918. The number of carbonyl (C=O) groups excluding carboxylic acids is 2. The third-order valence-electron chi connectivity index (χ3n) is 9.98. The third-order valence-corrected chi connectivity index (χ3v) is 9.98. The first kappa shape index (κ1) is 36.0. The Morgan fingerprint density at radius 1 is 1.04 bits per heavy atom. The molecule has 2 N–H and O–H groups in total. The van der Waals surface area contributed by atoms with E-state index in [4.69, 9.17) is 9.47 Å². The van der Waals surface area contributed by atoms with Crippen molar-refractivity contribution in [1.29, 1.82) is 0 Å². The van der Waals surface area contributed by atoms with Crippen molar-refractivity contribution in [2.75, 3.05) is 58.7 Å². The second-order valence-electron chi connectivity index (χ2n) is 15.1. The number of piperidine rings is 1. The van der Waals surface area contributed by atoms with E-state index in [2.05, 4.69) is 27.6 Å². The average Bonchev–Trinajstić information content (AvgIpc) is 3.51. The lowest BCUT2D eigenvalue weighted by Gasteiger charge is -2.47. The Labute approximate surface area is 297 Å². The zero-order valence-corrected chi connectivity index (χ0v) is 30.3. The number of amides is 2. The highest BCUT2D eigenvalue weighted by Crippen LogP contribution is 2.32. The van der Waals surface area contributed by atoms with Crippen molar-refractivity contribution in [3.8, 4) is 17.0 Å². The maximum absolute atomic E-state index is 14.9. The first-order valence-corrected chi connectivity index (χ1v) is 17.6. The fraction of sp³-hybridized carbons (Fsp3) is 0.474. The van der Waals surface area contributed by atoms with E-state index in [1.165, 1.54) is 25.4 Å². The zero-order chi connectivity index (χ0) is 36.5. The van der Waals surface area contributed by atoms with E-state index < -0.39 is 17.2 Å². The highest BCUT2D eigenvalue weighted by atomic mass is 19.2. The zero-order valence-electron chi connectivity index (χ0n) is 30.3. The number of imidazole rings is 1. The van der Waals surface area contributed by atoms with Crippen LogP contribution < -0.4 is 15.4 Å². The summed E-state index contributed by atoms with van der Waals surface area (Å²) in [7, 11) is 3.59. The number of ether oxygens (including phenoxy) is 2. The molecule has 0 spiro atoms. The molecule has 4 aromatic rings. The molecule has 13 heteroatoms. The summed E-state index contributed by atoms with van der Waals surface area (Å²) in [5, 5.41) is 6.47. The molecule has 0 radical (unpaired) electrons. The molecule has 0 saturated carbocycles. The van der Waals surface area contributed by atoms with Crippen LogP contribution in [0.2, 0.25) is 0 Å². The van der Waals surface area contributed by atoms with Crippen molar-refractivity contribution in [1.82, 2.24) is 24.6 Å². The van der Waals surface area contributed by atoms with E-state index in [1.807, 2.05) is 45.9 Å². The Morgan fingerprint density at radius 2 is 1.78 bits per heavy atom. The minimum Gasteiger partial charge on any atom is -0.494 e. The second kappa shape index (κ2) is 14.5. The van der Waals surface area contributed by atoms with Gasteiger partial charge in [0.25, 0.3) is 5.91 Å². The van der Waals surface area contributed by atoms with E-state index in [1.54, 1.807) is 21.7 Å². The molecule has 0 aliphatic carbocycles. The van der Waals surface area contributed by atoms with Crippen LogP contribution in [0, 0.1) is 23.5 Å². The molecule has 2 aliphatic heterocycles. The molecule has 2 aromatic carbocycles. The summed E-state index contributed by atoms with van der Waals surface area (Å²) in [5.41, 5.74) is 2.60. The van der Waals surface area contributed by atoms with E-state index in [0.717, 1.165) is 61.3 Å². The van der Waals surface area contributed by atoms with Crippen molar-refractivity contribution >= 4 is 29.2 Å². The monoisotopic (exact) mass is 704 g/mol. The number of hydrogen-bond donors (Lipinski definition) is 2. The van der Waals surface area contributed by atoms with Crippen LogP contribution in [0.15, 0.2) is 48.9 Å². The van der Waals surface area contributed by atoms with E-state index in [-0.39, 0.29) is 23.3 Å². The molecule has 2 saturated heterocycles. The summed E-state index contributed by atoms with van der Waals surface area (Å²) in [6, 6.07) is 8.40. The Kier molecular flexibility index (Phi) is 10.2. The summed E-state index contributed by atoms with van der Waals surface area (Å²) in [6.07, 6.45) is 7.16. The number of nitrogens with one attached hydrogen (secondary N) is 2. The van der Waals surface area contributed by atoms with Crippen LogP contribution in [0.3, 0.4) is 0 Å². The van der Waals surface area contributed by atoms with Crippen LogP contribution in [-0.2, 0) is 11.2 Å². The maximum Gasteiger partial charge on any atom is 0.410 e. The normalized spacial score (nSPS) is 19.5. The second-order valence-corrected chi connectivity index (χ2v) is 15.1. The molecule has 2 aromatic heterocycles. The molecular formula is C38H48F2N7O4+. The van der Waals surface area contributed by atoms with Gasteiger partial charge in [0.05, 0.1) is 45.7 Å². The number of aryl methyl sites for hydroxylation is 1. The van der Waals surface area contributed by atoms with Crippen molar-refractivity contribution in [2.24, 2.45) is 11.8 Å². The van der Waals surface area contributed by atoms with Gasteiger partial charge in [-0.1, -0.05) is 6.92 Å². The molecule has 2 fully saturated rings. The van der Waals surface area contributed by atoms with Crippen molar-refractivity contribution in [2.45, 2.75) is 52.6 Å². The summed E-state index contributed by atoms with van der Waals surface area (Å²) in [4.78, 5) is 36.4. The van der Waals surface area contributed by atoms with Gasteiger partial charge in [-0.05, 0) is 69.0 Å². The Morgan fingerprint density at radius 3 is 2.47 bits per heavy atom. The first-order chi connectivity index (χ1) is 24.3. The SMILES string of the molecule is CCc1cc(Nc2nccn3c(-c4ccc(OC)c(F)c4F)cnc23)ccc1C(=O)NCC1CC[N+](C)(CC2CN(C(=O)OC(C)(C)C)C2)CC1.